The molecule has 0 bridgehead atoms. The topological polar surface area (TPSA) is 59.8 Å². The predicted octanol–water partition coefficient (Wildman–Crippen LogP) is 6.54. The minimum atomic E-state index is -0.323. The standard InChI is InChI=1S/C23H26Cl2N4OS/c1-4-5-10-21(30)26-16(3)22-27-28-23(31-14-17-9-7-6-8-15(17)2)29(22)20-12-11-18(24)13-19(20)25/h6-9,11-13,16H,4-5,10,14H2,1-3H3,(H,26,30). The normalized spacial score (nSPS) is 12.0. The monoisotopic (exact) mass is 476 g/mol. The highest BCUT2D eigenvalue weighted by molar-refractivity contribution is 7.98. The average Bonchev–Trinajstić information content (AvgIpc) is 3.15. The average molecular weight is 477 g/mol. The fourth-order valence-corrected chi connectivity index (χ4v) is 4.70. The summed E-state index contributed by atoms with van der Waals surface area (Å²) in [5.74, 6) is 1.37. The molecule has 31 heavy (non-hydrogen) atoms. The Morgan fingerprint density at radius 2 is 1.97 bits per heavy atom. The molecule has 0 spiro atoms. The highest BCUT2D eigenvalue weighted by Crippen LogP contribution is 2.32. The lowest BCUT2D eigenvalue weighted by atomic mass is 10.1. The zero-order chi connectivity index (χ0) is 22.4. The Morgan fingerprint density at radius 3 is 2.68 bits per heavy atom. The van der Waals surface area contributed by atoms with Crippen LogP contribution in [0.15, 0.2) is 47.6 Å². The summed E-state index contributed by atoms with van der Waals surface area (Å²) < 4.78 is 1.91. The second-order valence-corrected chi connectivity index (χ2v) is 9.17. The Hall–Kier alpha value is -2.02. The largest absolute Gasteiger partial charge is 0.346 e. The quantitative estimate of drug-likeness (QED) is 0.356. The lowest BCUT2D eigenvalue weighted by Crippen LogP contribution is -2.28. The van der Waals surface area contributed by atoms with Gasteiger partial charge in [0.2, 0.25) is 5.91 Å². The second-order valence-electron chi connectivity index (χ2n) is 7.38. The molecule has 1 aromatic heterocycles. The molecule has 1 heterocycles. The van der Waals surface area contributed by atoms with Gasteiger partial charge in [-0.15, -0.1) is 10.2 Å². The zero-order valence-corrected chi connectivity index (χ0v) is 20.2. The smallest absolute Gasteiger partial charge is 0.220 e. The van der Waals surface area contributed by atoms with Crippen molar-refractivity contribution < 1.29 is 4.79 Å². The molecule has 1 amide bonds. The van der Waals surface area contributed by atoms with Crippen molar-refractivity contribution in [3.63, 3.8) is 0 Å². The van der Waals surface area contributed by atoms with Gasteiger partial charge in [-0.05, 0) is 49.6 Å². The highest BCUT2D eigenvalue weighted by Gasteiger charge is 2.22. The Balaban J connectivity index is 1.93. The SMILES string of the molecule is CCCCC(=O)NC(C)c1nnc(SCc2ccccc2C)n1-c1ccc(Cl)cc1Cl. The van der Waals surface area contributed by atoms with Gasteiger partial charge in [0.1, 0.15) is 0 Å². The van der Waals surface area contributed by atoms with Gasteiger partial charge >= 0.3 is 0 Å². The molecule has 164 valence electrons. The van der Waals surface area contributed by atoms with E-state index in [-0.39, 0.29) is 11.9 Å². The van der Waals surface area contributed by atoms with Crippen molar-refractivity contribution in [3.05, 3.63) is 69.5 Å². The maximum atomic E-state index is 12.3. The van der Waals surface area contributed by atoms with Crippen molar-refractivity contribution in [3.8, 4) is 5.69 Å². The molecular formula is C23H26Cl2N4OS. The van der Waals surface area contributed by atoms with Gasteiger partial charge in [-0.3, -0.25) is 9.36 Å². The van der Waals surface area contributed by atoms with Crippen LogP contribution in [0.5, 0.6) is 0 Å². The van der Waals surface area contributed by atoms with Gasteiger partial charge < -0.3 is 5.32 Å². The highest BCUT2D eigenvalue weighted by atomic mass is 35.5. The van der Waals surface area contributed by atoms with Gasteiger partial charge in [0.15, 0.2) is 11.0 Å². The first kappa shape index (κ1) is 23.6. The van der Waals surface area contributed by atoms with Crippen LogP contribution in [0, 0.1) is 6.92 Å². The molecule has 2 aromatic carbocycles. The summed E-state index contributed by atoms with van der Waals surface area (Å²) in [4.78, 5) is 12.3. The van der Waals surface area contributed by atoms with Crippen LogP contribution in [0.25, 0.3) is 5.69 Å². The van der Waals surface area contributed by atoms with E-state index in [4.69, 9.17) is 23.2 Å². The molecule has 3 rings (SSSR count). The minimum Gasteiger partial charge on any atom is -0.346 e. The fourth-order valence-electron chi connectivity index (χ4n) is 3.17. The summed E-state index contributed by atoms with van der Waals surface area (Å²) >= 11 is 14.2. The number of nitrogens with one attached hydrogen (secondary N) is 1. The Labute approximate surface area is 197 Å². The molecule has 0 fully saturated rings. The first-order valence-corrected chi connectivity index (χ1v) is 12.0. The Kier molecular flexibility index (Phi) is 8.41. The third kappa shape index (κ3) is 6.03. The summed E-state index contributed by atoms with van der Waals surface area (Å²) in [6, 6.07) is 13.3. The summed E-state index contributed by atoms with van der Waals surface area (Å²) in [5.41, 5.74) is 3.18. The maximum absolute atomic E-state index is 12.3. The third-order valence-electron chi connectivity index (χ3n) is 4.95. The third-order valence-corrected chi connectivity index (χ3v) is 6.46. The van der Waals surface area contributed by atoms with Crippen LogP contribution in [0.2, 0.25) is 10.0 Å². The molecule has 3 aromatic rings. The van der Waals surface area contributed by atoms with Crippen molar-refractivity contribution in [2.75, 3.05) is 0 Å². The van der Waals surface area contributed by atoms with E-state index in [2.05, 4.69) is 41.5 Å². The summed E-state index contributed by atoms with van der Waals surface area (Å²) in [7, 11) is 0. The van der Waals surface area contributed by atoms with E-state index >= 15 is 0 Å². The molecule has 0 radical (unpaired) electrons. The van der Waals surface area contributed by atoms with E-state index in [0.29, 0.717) is 27.4 Å². The number of hydrogen-bond acceptors (Lipinski definition) is 4. The van der Waals surface area contributed by atoms with Crippen molar-refractivity contribution in [2.24, 2.45) is 0 Å². The zero-order valence-electron chi connectivity index (χ0n) is 17.9. The van der Waals surface area contributed by atoms with E-state index in [1.165, 1.54) is 11.1 Å². The van der Waals surface area contributed by atoms with Crippen LogP contribution < -0.4 is 5.32 Å². The van der Waals surface area contributed by atoms with E-state index in [1.54, 1.807) is 23.9 Å². The Bertz CT molecular complexity index is 1050. The molecule has 5 nitrogen and oxygen atoms in total. The molecule has 0 aliphatic rings. The molecule has 8 heteroatoms. The predicted molar refractivity (Wildman–Crippen MR) is 128 cm³/mol. The summed E-state index contributed by atoms with van der Waals surface area (Å²) in [6.45, 7) is 6.06. The van der Waals surface area contributed by atoms with Gasteiger partial charge in [0, 0.05) is 17.2 Å². The number of halogens is 2. The maximum Gasteiger partial charge on any atom is 0.220 e. The lowest BCUT2D eigenvalue weighted by Gasteiger charge is -2.17. The number of carbonyl (C=O) groups excluding carboxylic acids is 1. The number of amides is 1. The number of benzene rings is 2. The number of unbranched alkanes of at least 4 members (excludes halogenated alkanes) is 1. The van der Waals surface area contributed by atoms with Crippen LogP contribution in [0.3, 0.4) is 0 Å². The van der Waals surface area contributed by atoms with Crippen LogP contribution in [-0.2, 0) is 10.5 Å². The van der Waals surface area contributed by atoms with Crippen LogP contribution in [0.1, 0.15) is 56.1 Å². The molecule has 0 saturated carbocycles. The number of aromatic nitrogens is 3. The van der Waals surface area contributed by atoms with Crippen LogP contribution in [0.4, 0.5) is 0 Å². The molecule has 1 atom stereocenters. The minimum absolute atomic E-state index is 0.000200. The fraction of sp³-hybridized carbons (Fsp3) is 0.348. The second kappa shape index (κ2) is 11.0. The van der Waals surface area contributed by atoms with Gasteiger partial charge in [-0.25, -0.2) is 0 Å². The van der Waals surface area contributed by atoms with Gasteiger partial charge in [-0.1, -0.05) is 72.6 Å². The van der Waals surface area contributed by atoms with Gasteiger partial charge in [0.05, 0.1) is 16.8 Å². The van der Waals surface area contributed by atoms with Crippen molar-refractivity contribution >= 4 is 40.9 Å². The van der Waals surface area contributed by atoms with Gasteiger partial charge in [-0.2, -0.15) is 0 Å². The number of nitrogens with zero attached hydrogens (tertiary/aromatic N) is 3. The summed E-state index contributed by atoms with van der Waals surface area (Å²) in [5, 5.41) is 13.6. The van der Waals surface area contributed by atoms with Crippen LogP contribution >= 0.6 is 35.0 Å². The Morgan fingerprint density at radius 1 is 1.19 bits per heavy atom. The van der Waals surface area contributed by atoms with E-state index in [9.17, 15) is 4.79 Å². The number of aryl methyl sites for hydroxylation is 1. The van der Waals surface area contributed by atoms with Crippen molar-refractivity contribution in [1.82, 2.24) is 20.1 Å². The van der Waals surface area contributed by atoms with E-state index in [1.807, 2.05) is 29.7 Å². The number of rotatable bonds is 9. The first-order chi connectivity index (χ1) is 14.9. The molecule has 0 aliphatic heterocycles. The molecule has 1 N–H and O–H groups in total. The van der Waals surface area contributed by atoms with Crippen molar-refractivity contribution in [1.29, 1.82) is 0 Å². The van der Waals surface area contributed by atoms with E-state index < -0.39 is 0 Å². The molecule has 0 aliphatic carbocycles. The first-order valence-electron chi connectivity index (χ1n) is 10.3. The van der Waals surface area contributed by atoms with Crippen molar-refractivity contribution in [2.45, 2.75) is 57.0 Å². The van der Waals surface area contributed by atoms with Gasteiger partial charge in [0.25, 0.3) is 0 Å². The lowest BCUT2D eigenvalue weighted by molar-refractivity contribution is -0.121. The molecule has 1 unspecified atom stereocenters. The van der Waals surface area contributed by atoms with Crippen LogP contribution in [-0.4, -0.2) is 20.7 Å². The number of thioether (sulfide) groups is 1. The summed E-state index contributed by atoms with van der Waals surface area (Å²) in [6.07, 6.45) is 2.31. The van der Waals surface area contributed by atoms with E-state index in [0.717, 1.165) is 24.3 Å². The molecule has 0 saturated heterocycles. The molecular weight excluding hydrogens is 451 g/mol. The number of hydrogen-bond donors (Lipinski definition) is 1. The number of carbonyl (C=O) groups is 1.